The maximum atomic E-state index is 8.88. The SMILES string of the molecule is CNCCO.CNCCO.CNCCO.O=P(O)(O)O. The monoisotopic (exact) mass is 323 g/mol. The van der Waals surface area contributed by atoms with Gasteiger partial charge in [-0.05, 0) is 21.1 Å². The van der Waals surface area contributed by atoms with Crippen LogP contribution in [-0.4, -0.2) is 90.6 Å². The molecule has 0 atom stereocenters. The molecule has 20 heavy (non-hydrogen) atoms. The van der Waals surface area contributed by atoms with E-state index in [0.29, 0.717) is 19.6 Å². The van der Waals surface area contributed by atoms with Crippen molar-refractivity contribution in [3.05, 3.63) is 0 Å². The summed E-state index contributed by atoms with van der Waals surface area (Å²) in [5, 5.41) is 32.3. The normalized spacial score (nSPS) is 9.25. The standard InChI is InChI=1S/3C3H9NO.H3O4P/c3*1-4-2-3-5;1-5(2,3)4/h3*4-5H,2-3H2,1H3;(H3,1,2,3,4). The lowest BCUT2D eigenvalue weighted by Gasteiger charge is -1.84. The lowest BCUT2D eigenvalue weighted by atomic mass is 10.7. The summed E-state index contributed by atoms with van der Waals surface area (Å²) in [6.07, 6.45) is 0. The molecule has 0 aromatic heterocycles. The zero-order valence-electron chi connectivity index (χ0n) is 12.3. The summed E-state index contributed by atoms with van der Waals surface area (Å²) >= 11 is 0. The van der Waals surface area contributed by atoms with Gasteiger partial charge in [-0.3, -0.25) is 0 Å². The number of likely N-dealkylation sites (N-methyl/N-ethyl adjacent to an activating group) is 3. The van der Waals surface area contributed by atoms with Gasteiger partial charge in [0.05, 0.1) is 19.8 Å². The molecule has 0 saturated heterocycles. The molecule has 0 radical (unpaired) electrons. The topological polar surface area (TPSA) is 175 Å². The van der Waals surface area contributed by atoms with Crippen molar-refractivity contribution >= 4 is 7.82 Å². The predicted octanol–water partition coefficient (Wildman–Crippen LogP) is -3.33. The number of hydrogen-bond acceptors (Lipinski definition) is 7. The van der Waals surface area contributed by atoms with Crippen LogP contribution in [0.25, 0.3) is 0 Å². The minimum atomic E-state index is -4.64. The van der Waals surface area contributed by atoms with Crippen LogP contribution in [0.4, 0.5) is 0 Å². The first-order valence-electron chi connectivity index (χ1n) is 5.79. The number of phosphoric acid groups is 1. The highest BCUT2D eigenvalue weighted by atomic mass is 31.2. The molecule has 0 spiro atoms. The summed E-state index contributed by atoms with van der Waals surface area (Å²) in [5.41, 5.74) is 0. The van der Waals surface area contributed by atoms with E-state index in [4.69, 9.17) is 34.6 Å². The molecule has 0 fully saturated rings. The first kappa shape index (κ1) is 28.1. The number of hydrogen-bond donors (Lipinski definition) is 9. The Hall–Kier alpha value is -0.130. The average molecular weight is 323 g/mol. The van der Waals surface area contributed by atoms with Gasteiger partial charge in [-0.25, -0.2) is 4.57 Å². The van der Waals surface area contributed by atoms with Crippen molar-refractivity contribution in [2.75, 3.05) is 60.6 Å². The largest absolute Gasteiger partial charge is 0.466 e. The van der Waals surface area contributed by atoms with Gasteiger partial charge in [-0.1, -0.05) is 0 Å². The van der Waals surface area contributed by atoms with Crippen molar-refractivity contribution in [3.63, 3.8) is 0 Å². The molecule has 11 heteroatoms. The minimum absolute atomic E-state index is 0.233. The maximum absolute atomic E-state index is 8.88. The van der Waals surface area contributed by atoms with E-state index >= 15 is 0 Å². The average Bonchev–Trinajstić information content (AvgIpc) is 2.31. The first-order valence-corrected chi connectivity index (χ1v) is 7.36. The molecule has 10 nitrogen and oxygen atoms in total. The molecule has 0 heterocycles. The fourth-order valence-electron chi connectivity index (χ4n) is 0.335. The van der Waals surface area contributed by atoms with E-state index in [1.165, 1.54) is 0 Å². The summed E-state index contributed by atoms with van der Waals surface area (Å²) < 4.78 is 8.88. The third kappa shape index (κ3) is 148. The Kier molecular flexibility index (Phi) is 38.3. The van der Waals surface area contributed by atoms with Crippen LogP contribution in [0.3, 0.4) is 0 Å². The van der Waals surface area contributed by atoms with Crippen LogP contribution in [-0.2, 0) is 4.57 Å². The second-order valence-electron chi connectivity index (χ2n) is 2.99. The van der Waals surface area contributed by atoms with E-state index in [1.54, 1.807) is 21.1 Å². The quantitative estimate of drug-likeness (QED) is 0.225. The van der Waals surface area contributed by atoms with Crippen molar-refractivity contribution in [2.24, 2.45) is 0 Å². The Labute approximate surface area is 120 Å². The summed E-state index contributed by atoms with van der Waals surface area (Å²) in [6, 6.07) is 0. The van der Waals surface area contributed by atoms with Gasteiger partial charge in [0.2, 0.25) is 0 Å². The van der Waals surface area contributed by atoms with Gasteiger partial charge in [-0.15, -0.1) is 0 Å². The van der Waals surface area contributed by atoms with Gasteiger partial charge in [0.25, 0.3) is 0 Å². The Morgan fingerprint density at radius 3 is 0.850 bits per heavy atom. The van der Waals surface area contributed by atoms with Crippen molar-refractivity contribution in [3.8, 4) is 0 Å². The summed E-state index contributed by atoms with van der Waals surface area (Å²) in [7, 11) is 0.767. The smallest absolute Gasteiger partial charge is 0.395 e. The first-order chi connectivity index (χ1) is 9.24. The van der Waals surface area contributed by atoms with Gasteiger partial charge < -0.3 is 46.0 Å². The Morgan fingerprint density at radius 1 is 0.700 bits per heavy atom. The highest BCUT2D eigenvalue weighted by Gasteiger charge is 2.00. The molecular formula is C9H30N3O7P. The highest BCUT2D eigenvalue weighted by molar-refractivity contribution is 7.45. The van der Waals surface area contributed by atoms with Crippen molar-refractivity contribution in [1.82, 2.24) is 16.0 Å². The summed E-state index contributed by atoms with van der Waals surface area (Å²) in [6.45, 7) is 2.78. The zero-order chi connectivity index (χ0) is 16.9. The van der Waals surface area contributed by atoms with Crippen LogP contribution in [0.15, 0.2) is 0 Å². The van der Waals surface area contributed by atoms with Crippen molar-refractivity contribution in [1.29, 1.82) is 0 Å². The molecule has 9 N–H and O–H groups in total. The molecule has 0 bridgehead atoms. The van der Waals surface area contributed by atoms with E-state index in [1.807, 2.05) is 0 Å². The second-order valence-corrected chi connectivity index (χ2v) is 4.02. The molecule has 0 rings (SSSR count). The second kappa shape index (κ2) is 27.3. The van der Waals surface area contributed by atoms with E-state index in [-0.39, 0.29) is 19.8 Å². The maximum Gasteiger partial charge on any atom is 0.466 e. The van der Waals surface area contributed by atoms with Gasteiger partial charge in [0, 0.05) is 19.6 Å². The molecule has 0 aliphatic rings. The van der Waals surface area contributed by atoms with E-state index in [0.717, 1.165) is 0 Å². The number of aliphatic hydroxyl groups is 3. The van der Waals surface area contributed by atoms with Gasteiger partial charge >= 0.3 is 7.82 Å². The van der Waals surface area contributed by atoms with Crippen LogP contribution in [0, 0.1) is 0 Å². The fourth-order valence-corrected chi connectivity index (χ4v) is 0.335. The molecule has 0 aliphatic heterocycles. The minimum Gasteiger partial charge on any atom is -0.395 e. The number of aliphatic hydroxyl groups excluding tert-OH is 3. The molecule has 0 saturated carbocycles. The molecule has 128 valence electrons. The third-order valence-electron chi connectivity index (χ3n) is 1.09. The van der Waals surface area contributed by atoms with E-state index in [9.17, 15) is 0 Å². The van der Waals surface area contributed by atoms with Crippen LogP contribution < -0.4 is 16.0 Å². The van der Waals surface area contributed by atoms with Gasteiger partial charge in [0.15, 0.2) is 0 Å². The van der Waals surface area contributed by atoms with Gasteiger partial charge in [-0.2, -0.15) is 0 Å². The van der Waals surface area contributed by atoms with Crippen LogP contribution in [0.5, 0.6) is 0 Å². The van der Waals surface area contributed by atoms with Crippen LogP contribution in [0.2, 0.25) is 0 Å². The highest BCUT2D eigenvalue weighted by Crippen LogP contribution is 2.25. The molecule has 0 amide bonds. The van der Waals surface area contributed by atoms with Crippen molar-refractivity contribution in [2.45, 2.75) is 0 Å². The molecule has 0 aliphatic carbocycles. The van der Waals surface area contributed by atoms with Crippen LogP contribution >= 0.6 is 7.82 Å². The van der Waals surface area contributed by atoms with E-state index in [2.05, 4.69) is 16.0 Å². The Bertz CT molecular complexity index is 154. The summed E-state index contributed by atoms with van der Waals surface area (Å²) in [4.78, 5) is 21.6. The molecule has 0 unspecified atom stereocenters. The number of rotatable bonds is 6. The Morgan fingerprint density at radius 2 is 0.850 bits per heavy atom. The number of nitrogens with one attached hydrogen (secondary N) is 3. The lowest BCUT2D eigenvalue weighted by molar-refractivity contribution is 0.275. The summed E-state index contributed by atoms with van der Waals surface area (Å²) in [5.74, 6) is 0. The zero-order valence-corrected chi connectivity index (χ0v) is 13.2. The van der Waals surface area contributed by atoms with Crippen molar-refractivity contribution < 1.29 is 34.6 Å². The molecule has 0 aromatic carbocycles. The molecular weight excluding hydrogens is 293 g/mol. The fraction of sp³-hybridized carbons (Fsp3) is 1.00. The Balaban J connectivity index is -0.0000000853. The molecule has 0 aromatic rings. The predicted molar refractivity (Wildman–Crippen MR) is 77.3 cm³/mol. The third-order valence-corrected chi connectivity index (χ3v) is 1.09. The lowest BCUT2D eigenvalue weighted by Crippen LogP contribution is -2.10. The van der Waals surface area contributed by atoms with E-state index < -0.39 is 7.82 Å². The van der Waals surface area contributed by atoms with Crippen LogP contribution in [0.1, 0.15) is 0 Å². The van der Waals surface area contributed by atoms with Gasteiger partial charge in [0.1, 0.15) is 0 Å².